The molecule has 0 aromatic heterocycles. The molecule has 0 aliphatic heterocycles. The van der Waals surface area contributed by atoms with E-state index in [1.54, 1.807) is 24.3 Å². The van der Waals surface area contributed by atoms with Crippen molar-refractivity contribution in [1.82, 2.24) is 0 Å². The minimum Gasteiger partial charge on any atom is -0.326 e. The van der Waals surface area contributed by atoms with Crippen molar-refractivity contribution in [3.05, 3.63) is 65.2 Å². The number of nitrogens with zero attached hydrogens (tertiary/aromatic N) is 1. The minimum atomic E-state index is -0.875. The lowest BCUT2D eigenvalue weighted by molar-refractivity contribution is 0.0989. The lowest BCUT2D eigenvalue weighted by Crippen LogP contribution is -2.27. The van der Waals surface area contributed by atoms with E-state index in [2.05, 4.69) is 0 Å². The Morgan fingerprint density at radius 2 is 1.80 bits per heavy atom. The van der Waals surface area contributed by atoms with E-state index in [0.29, 0.717) is 18.3 Å². The third kappa shape index (κ3) is 2.83. The van der Waals surface area contributed by atoms with Gasteiger partial charge in [0.05, 0.1) is 5.56 Å². The molecule has 0 bridgehead atoms. The Morgan fingerprint density at radius 3 is 2.35 bits per heavy atom. The summed E-state index contributed by atoms with van der Waals surface area (Å²) in [6.45, 7) is 0.407. The van der Waals surface area contributed by atoms with Gasteiger partial charge in [-0.15, -0.1) is 0 Å². The molecule has 20 heavy (non-hydrogen) atoms. The van der Waals surface area contributed by atoms with Crippen molar-refractivity contribution < 1.29 is 13.6 Å². The van der Waals surface area contributed by atoms with Gasteiger partial charge in [0.2, 0.25) is 0 Å². The van der Waals surface area contributed by atoms with E-state index in [1.807, 2.05) is 0 Å². The second kappa shape index (κ2) is 5.79. The van der Waals surface area contributed by atoms with Gasteiger partial charge in [-0.05, 0) is 29.8 Å². The van der Waals surface area contributed by atoms with Crippen molar-refractivity contribution in [3.63, 3.8) is 0 Å². The highest BCUT2D eigenvalue weighted by molar-refractivity contribution is 6.05. The summed E-state index contributed by atoms with van der Waals surface area (Å²) in [5.74, 6) is -2.13. The zero-order valence-electron chi connectivity index (χ0n) is 10.9. The lowest BCUT2D eigenvalue weighted by Gasteiger charge is -2.18. The summed E-state index contributed by atoms with van der Waals surface area (Å²) in [5, 5.41) is 0. The fourth-order valence-electron chi connectivity index (χ4n) is 1.82. The monoisotopic (exact) mass is 276 g/mol. The first-order valence-corrected chi connectivity index (χ1v) is 6.05. The van der Waals surface area contributed by atoms with Gasteiger partial charge in [0.15, 0.2) is 0 Å². The first-order chi connectivity index (χ1) is 9.52. The van der Waals surface area contributed by atoms with Crippen molar-refractivity contribution >= 4 is 11.6 Å². The molecule has 0 fully saturated rings. The minimum absolute atomic E-state index is 0.170. The molecule has 2 rings (SSSR count). The second-order valence-electron chi connectivity index (χ2n) is 4.36. The van der Waals surface area contributed by atoms with Crippen LogP contribution in [0.1, 0.15) is 15.9 Å². The van der Waals surface area contributed by atoms with Crippen LogP contribution < -0.4 is 10.6 Å². The van der Waals surface area contributed by atoms with Crippen LogP contribution in [0.25, 0.3) is 0 Å². The van der Waals surface area contributed by atoms with Gasteiger partial charge >= 0.3 is 0 Å². The molecular weight excluding hydrogens is 262 g/mol. The number of amides is 1. The van der Waals surface area contributed by atoms with Crippen LogP contribution >= 0.6 is 0 Å². The summed E-state index contributed by atoms with van der Waals surface area (Å²) in [5.41, 5.74) is 6.87. The smallest absolute Gasteiger partial charge is 0.260 e. The summed E-state index contributed by atoms with van der Waals surface area (Å²) >= 11 is 0. The maximum absolute atomic E-state index is 13.6. The molecular formula is C15H14F2N2O. The molecule has 2 N–H and O–H groups in total. The number of anilines is 1. The number of halogens is 2. The average Bonchev–Trinajstić information content (AvgIpc) is 2.46. The number of benzene rings is 2. The highest BCUT2D eigenvalue weighted by Gasteiger charge is 2.17. The summed E-state index contributed by atoms with van der Waals surface area (Å²) < 4.78 is 26.4. The molecule has 2 aromatic carbocycles. The maximum atomic E-state index is 13.6. The highest BCUT2D eigenvalue weighted by atomic mass is 19.1. The van der Waals surface area contributed by atoms with E-state index in [9.17, 15) is 13.6 Å². The van der Waals surface area contributed by atoms with Crippen LogP contribution in [0, 0.1) is 11.6 Å². The number of carbonyl (C=O) groups excluding carboxylic acids is 1. The first kappa shape index (κ1) is 14.1. The zero-order chi connectivity index (χ0) is 14.7. The van der Waals surface area contributed by atoms with Crippen molar-refractivity contribution in [2.24, 2.45) is 5.73 Å². The molecule has 1 amide bonds. The van der Waals surface area contributed by atoms with Gasteiger partial charge in [-0.25, -0.2) is 8.78 Å². The van der Waals surface area contributed by atoms with Gasteiger partial charge in [-0.2, -0.15) is 0 Å². The van der Waals surface area contributed by atoms with Crippen LogP contribution in [0.3, 0.4) is 0 Å². The first-order valence-electron chi connectivity index (χ1n) is 6.05. The third-order valence-electron chi connectivity index (χ3n) is 3.03. The highest BCUT2D eigenvalue weighted by Crippen LogP contribution is 2.18. The fraction of sp³-hybridized carbons (Fsp3) is 0.133. The molecule has 0 unspecified atom stereocenters. The zero-order valence-corrected chi connectivity index (χ0v) is 10.9. The van der Waals surface area contributed by atoms with Crippen molar-refractivity contribution in [3.8, 4) is 0 Å². The number of nitrogens with two attached hydrogens (primary N) is 1. The summed E-state index contributed by atoms with van der Waals surface area (Å²) in [7, 11) is 1.53. The van der Waals surface area contributed by atoms with E-state index in [-0.39, 0.29) is 5.56 Å². The largest absolute Gasteiger partial charge is 0.326 e. The van der Waals surface area contributed by atoms with Crippen molar-refractivity contribution in [2.45, 2.75) is 6.54 Å². The van der Waals surface area contributed by atoms with Crippen LogP contribution in [0.5, 0.6) is 0 Å². The molecule has 0 atom stereocenters. The molecule has 0 saturated carbocycles. The standard InChI is InChI=1S/C15H14F2N2O/c1-19(12-5-2-10(9-18)3-6-12)15(20)13-7-4-11(16)8-14(13)17/h2-8H,9,18H2,1H3. The van der Waals surface area contributed by atoms with E-state index in [4.69, 9.17) is 5.73 Å². The molecule has 0 spiro atoms. The Morgan fingerprint density at radius 1 is 1.15 bits per heavy atom. The molecule has 0 radical (unpaired) electrons. The number of rotatable bonds is 3. The predicted molar refractivity (Wildman–Crippen MR) is 73.4 cm³/mol. The number of hydrogen-bond acceptors (Lipinski definition) is 2. The Hall–Kier alpha value is -2.27. The van der Waals surface area contributed by atoms with Crippen LogP contribution in [-0.4, -0.2) is 13.0 Å². The van der Waals surface area contributed by atoms with Crippen LogP contribution in [0.2, 0.25) is 0 Å². The molecule has 5 heteroatoms. The van der Waals surface area contributed by atoms with E-state index in [0.717, 1.165) is 17.7 Å². The quantitative estimate of drug-likeness (QED) is 0.937. The van der Waals surface area contributed by atoms with E-state index < -0.39 is 17.5 Å². The van der Waals surface area contributed by atoms with Crippen molar-refractivity contribution in [2.75, 3.05) is 11.9 Å². The summed E-state index contributed by atoms with van der Waals surface area (Å²) in [4.78, 5) is 13.5. The topological polar surface area (TPSA) is 46.3 Å². The molecule has 0 aliphatic rings. The van der Waals surface area contributed by atoms with Gasteiger partial charge in [0.25, 0.3) is 5.91 Å². The molecule has 0 saturated heterocycles. The molecule has 104 valence electrons. The third-order valence-corrected chi connectivity index (χ3v) is 3.03. The Balaban J connectivity index is 2.27. The Bertz CT molecular complexity index is 626. The van der Waals surface area contributed by atoms with Gasteiger partial charge in [-0.3, -0.25) is 4.79 Å². The SMILES string of the molecule is CN(C(=O)c1ccc(F)cc1F)c1ccc(CN)cc1. The normalized spacial score (nSPS) is 10.4. The predicted octanol–water partition coefficient (Wildman–Crippen LogP) is 2.70. The van der Waals surface area contributed by atoms with Crippen molar-refractivity contribution in [1.29, 1.82) is 0 Å². The maximum Gasteiger partial charge on any atom is 0.260 e. The van der Waals surface area contributed by atoms with E-state index in [1.165, 1.54) is 11.9 Å². The molecule has 3 nitrogen and oxygen atoms in total. The van der Waals surface area contributed by atoms with E-state index >= 15 is 0 Å². The van der Waals surface area contributed by atoms with Gasteiger partial charge in [0.1, 0.15) is 11.6 Å². The molecule has 2 aromatic rings. The summed E-state index contributed by atoms with van der Waals surface area (Å²) in [6.07, 6.45) is 0. The lowest BCUT2D eigenvalue weighted by atomic mass is 10.1. The number of hydrogen-bond donors (Lipinski definition) is 1. The van der Waals surface area contributed by atoms with Gasteiger partial charge in [0, 0.05) is 25.3 Å². The van der Waals surface area contributed by atoms with Crippen LogP contribution in [0.15, 0.2) is 42.5 Å². The van der Waals surface area contributed by atoms with Crippen LogP contribution in [-0.2, 0) is 6.54 Å². The summed E-state index contributed by atoms with van der Waals surface area (Å²) in [6, 6.07) is 9.92. The number of carbonyl (C=O) groups is 1. The fourth-order valence-corrected chi connectivity index (χ4v) is 1.82. The average molecular weight is 276 g/mol. The van der Waals surface area contributed by atoms with Gasteiger partial charge < -0.3 is 10.6 Å². The Labute approximate surface area is 115 Å². The molecule has 0 aliphatic carbocycles. The molecule has 0 heterocycles. The second-order valence-corrected chi connectivity index (χ2v) is 4.36. The Kier molecular flexibility index (Phi) is 4.10. The van der Waals surface area contributed by atoms with Crippen LogP contribution in [0.4, 0.5) is 14.5 Å². The van der Waals surface area contributed by atoms with Gasteiger partial charge in [-0.1, -0.05) is 12.1 Å².